The summed E-state index contributed by atoms with van der Waals surface area (Å²) in [5.41, 5.74) is -0.513. The Morgan fingerprint density at radius 2 is 1.66 bits per heavy atom. The standard InChI is InChI=1S/C34H38Cl2N2O6/c1-5-34(24-13-15-37-20-24)30(21-11-12-25(35)26(36)17-21)33(32(40)41,23-9-7-6-8-10-23)14-16-38(34)31(39)22-18-27(42-2)29(44-4)28(19-22)43-3/h6-12,17-19,24,30,37H,5,13-16,20H2,1-4H3,(H,40,41). The smallest absolute Gasteiger partial charge is 0.314 e. The highest BCUT2D eigenvalue weighted by Crippen LogP contribution is 2.59. The maximum absolute atomic E-state index is 14.8. The van der Waals surface area contributed by atoms with Crippen molar-refractivity contribution >= 4 is 35.1 Å². The van der Waals surface area contributed by atoms with Crippen LogP contribution in [0.1, 0.15) is 53.6 Å². The number of methoxy groups -OCH3 is 3. The first-order valence-corrected chi connectivity index (χ1v) is 15.5. The number of hydrogen-bond donors (Lipinski definition) is 2. The highest BCUT2D eigenvalue weighted by atomic mass is 35.5. The van der Waals surface area contributed by atoms with Crippen molar-refractivity contribution in [3.8, 4) is 17.2 Å². The van der Waals surface area contributed by atoms with E-state index in [1.165, 1.54) is 21.3 Å². The molecule has 4 atom stereocenters. The van der Waals surface area contributed by atoms with Crippen LogP contribution in [-0.4, -0.2) is 68.4 Å². The Hall–Kier alpha value is -3.46. The minimum absolute atomic E-state index is 0.0549. The van der Waals surface area contributed by atoms with Crippen LogP contribution in [0, 0.1) is 5.92 Å². The number of benzene rings is 3. The normalized spacial score (nSPS) is 25.0. The van der Waals surface area contributed by atoms with E-state index in [0.29, 0.717) is 51.4 Å². The summed E-state index contributed by atoms with van der Waals surface area (Å²) in [7, 11) is 4.53. The first-order valence-electron chi connectivity index (χ1n) is 14.8. The maximum atomic E-state index is 14.8. The summed E-state index contributed by atoms with van der Waals surface area (Å²) in [6, 6.07) is 18.0. The molecule has 3 aromatic rings. The van der Waals surface area contributed by atoms with Crippen molar-refractivity contribution < 1.29 is 28.9 Å². The molecule has 8 nitrogen and oxygen atoms in total. The van der Waals surface area contributed by atoms with Gasteiger partial charge in [0.2, 0.25) is 5.75 Å². The fraction of sp³-hybridized carbons (Fsp3) is 0.412. The Morgan fingerprint density at radius 3 is 2.18 bits per heavy atom. The molecule has 0 spiro atoms. The Bertz CT molecular complexity index is 1500. The van der Waals surface area contributed by atoms with E-state index >= 15 is 0 Å². The molecule has 5 rings (SSSR count). The Labute approximate surface area is 268 Å². The third kappa shape index (κ3) is 5.07. The second-order valence-corrected chi connectivity index (χ2v) is 12.2. The predicted octanol–water partition coefficient (Wildman–Crippen LogP) is 6.43. The third-order valence-corrected chi connectivity index (χ3v) is 10.4. The molecule has 4 unspecified atom stereocenters. The zero-order valence-corrected chi connectivity index (χ0v) is 26.9. The van der Waals surface area contributed by atoms with Crippen LogP contribution >= 0.6 is 23.2 Å². The molecular formula is C34H38Cl2N2O6. The van der Waals surface area contributed by atoms with E-state index in [9.17, 15) is 14.7 Å². The minimum atomic E-state index is -1.36. The van der Waals surface area contributed by atoms with Crippen molar-refractivity contribution in [1.29, 1.82) is 0 Å². The van der Waals surface area contributed by atoms with Crippen LogP contribution in [0.25, 0.3) is 0 Å². The second kappa shape index (κ2) is 12.9. The van der Waals surface area contributed by atoms with Crippen LogP contribution in [-0.2, 0) is 10.2 Å². The van der Waals surface area contributed by atoms with Gasteiger partial charge < -0.3 is 29.5 Å². The molecule has 0 bridgehead atoms. The monoisotopic (exact) mass is 640 g/mol. The van der Waals surface area contributed by atoms with E-state index in [1.807, 2.05) is 48.2 Å². The van der Waals surface area contributed by atoms with Crippen molar-refractivity contribution in [3.63, 3.8) is 0 Å². The lowest BCUT2D eigenvalue weighted by molar-refractivity contribution is -0.152. The summed E-state index contributed by atoms with van der Waals surface area (Å²) in [6.07, 6.45) is 1.47. The lowest BCUT2D eigenvalue weighted by Crippen LogP contribution is -2.69. The Morgan fingerprint density at radius 1 is 0.977 bits per heavy atom. The lowest BCUT2D eigenvalue weighted by Gasteiger charge is -2.61. The number of carbonyl (C=O) groups is 2. The summed E-state index contributed by atoms with van der Waals surface area (Å²) in [5.74, 6) is -0.794. The molecule has 2 N–H and O–H groups in total. The quantitative estimate of drug-likeness (QED) is 0.278. The number of amides is 1. The first-order chi connectivity index (χ1) is 21.2. The third-order valence-electron chi connectivity index (χ3n) is 9.66. The van der Waals surface area contributed by atoms with Crippen molar-refractivity contribution in [2.24, 2.45) is 5.92 Å². The summed E-state index contributed by atoms with van der Waals surface area (Å²) in [6.45, 7) is 3.66. The molecular weight excluding hydrogens is 603 g/mol. The molecule has 10 heteroatoms. The number of nitrogens with zero attached hydrogens (tertiary/aromatic N) is 1. The zero-order valence-electron chi connectivity index (χ0n) is 25.4. The van der Waals surface area contributed by atoms with Gasteiger partial charge in [-0.1, -0.05) is 66.5 Å². The fourth-order valence-electron chi connectivity index (χ4n) is 7.76. The molecule has 1 amide bonds. The average molecular weight is 642 g/mol. The number of rotatable bonds is 9. The highest BCUT2D eigenvalue weighted by molar-refractivity contribution is 6.42. The summed E-state index contributed by atoms with van der Waals surface area (Å²) < 4.78 is 16.7. The largest absolute Gasteiger partial charge is 0.493 e. The van der Waals surface area contributed by atoms with Crippen molar-refractivity contribution in [2.45, 2.75) is 43.1 Å². The van der Waals surface area contributed by atoms with Gasteiger partial charge in [-0.25, -0.2) is 0 Å². The molecule has 0 radical (unpaired) electrons. The van der Waals surface area contributed by atoms with Crippen LogP contribution in [0.4, 0.5) is 0 Å². The number of halogens is 2. The number of piperidine rings is 1. The van der Waals surface area contributed by atoms with Gasteiger partial charge in [-0.2, -0.15) is 0 Å². The minimum Gasteiger partial charge on any atom is -0.493 e. The average Bonchev–Trinajstić information content (AvgIpc) is 3.60. The van der Waals surface area contributed by atoms with Crippen LogP contribution in [0.3, 0.4) is 0 Å². The maximum Gasteiger partial charge on any atom is 0.314 e. The first kappa shape index (κ1) is 31.9. The molecule has 0 aromatic heterocycles. The van der Waals surface area contributed by atoms with Crippen molar-refractivity contribution in [1.82, 2.24) is 10.2 Å². The number of ether oxygens (including phenoxy) is 3. The van der Waals surface area contributed by atoms with Gasteiger partial charge in [-0.15, -0.1) is 0 Å². The number of carboxylic acids is 1. The molecule has 2 aliphatic rings. The van der Waals surface area contributed by atoms with Gasteiger partial charge in [0.15, 0.2) is 11.5 Å². The Balaban J connectivity index is 1.81. The number of carbonyl (C=O) groups excluding carboxylic acids is 1. The van der Waals surface area contributed by atoms with E-state index in [-0.39, 0.29) is 24.8 Å². The van der Waals surface area contributed by atoms with Gasteiger partial charge >= 0.3 is 5.97 Å². The summed E-state index contributed by atoms with van der Waals surface area (Å²) in [5, 5.41) is 15.5. The summed E-state index contributed by atoms with van der Waals surface area (Å²) in [4.78, 5) is 30.5. The Kier molecular flexibility index (Phi) is 9.35. The number of likely N-dealkylation sites (tertiary alicyclic amines) is 1. The number of hydrogen-bond acceptors (Lipinski definition) is 6. The predicted molar refractivity (Wildman–Crippen MR) is 171 cm³/mol. The van der Waals surface area contributed by atoms with Gasteiger partial charge in [0.25, 0.3) is 5.91 Å². The zero-order chi connectivity index (χ0) is 31.6. The van der Waals surface area contributed by atoms with Crippen LogP contribution < -0.4 is 19.5 Å². The van der Waals surface area contributed by atoms with Gasteiger partial charge in [0.05, 0.1) is 36.9 Å². The fourth-order valence-corrected chi connectivity index (χ4v) is 8.07. The van der Waals surface area contributed by atoms with Gasteiger partial charge in [0, 0.05) is 24.6 Å². The molecule has 3 aromatic carbocycles. The second-order valence-electron chi connectivity index (χ2n) is 11.4. The van der Waals surface area contributed by atoms with E-state index in [2.05, 4.69) is 5.32 Å². The topological polar surface area (TPSA) is 97.3 Å². The molecule has 0 saturated carbocycles. The van der Waals surface area contributed by atoms with Crippen LogP contribution in [0.15, 0.2) is 60.7 Å². The van der Waals surface area contributed by atoms with E-state index in [4.69, 9.17) is 37.4 Å². The highest BCUT2D eigenvalue weighted by Gasteiger charge is 2.65. The molecule has 2 saturated heterocycles. The lowest BCUT2D eigenvalue weighted by atomic mass is 9.52. The SMILES string of the molecule is CCC1(C2CCNC2)C(c2ccc(Cl)c(Cl)c2)C(C(=O)O)(c2ccccc2)CCN1C(=O)c1cc(OC)c(OC)c(OC)c1. The number of aliphatic carboxylic acids is 1. The molecule has 234 valence electrons. The molecule has 2 fully saturated rings. The van der Waals surface area contributed by atoms with Crippen LogP contribution in [0.2, 0.25) is 10.0 Å². The van der Waals surface area contributed by atoms with Gasteiger partial charge in [-0.3, -0.25) is 9.59 Å². The van der Waals surface area contributed by atoms with E-state index in [0.717, 1.165) is 18.5 Å². The number of carboxylic acid groups (broad SMARTS) is 1. The molecule has 2 heterocycles. The van der Waals surface area contributed by atoms with Crippen molar-refractivity contribution in [3.05, 3.63) is 87.4 Å². The molecule has 2 aliphatic heterocycles. The number of nitrogens with one attached hydrogen (secondary N) is 1. The van der Waals surface area contributed by atoms with E-state index < -0.39 is 22.8 Å². The molecule has 44 heavy (non-hydrogen) atoms. The van der Waals surface area contributed by atoms with Gasteiger partial charge in [-0.05, 0) is 67.1 Å². The van der Waals surface area contributed by atoms with Gasteiger partial charge in [0.1, 0.15) is 5.41 Å². The van der Waals surface area contributed by atoms with Crippen LogP contribution in [0.5, 0.6) is 17.2 Å². The molecule has 0 aliphatic carbocycles. The van der Waals surface area contributed by atoms with E-state index in [1.54, 1.807) is 24.3 Å². The van der Waals surface area contributed by atoms with Crippen molar-refractivity contribution in [2.75, 3.05) is 41.0 Å². The summed E-state index contributed by atoms with van der Waals surface area (Å²) >= 11 is 13.0.